The molecular formula is C18H18ClN3O3S. The van der Waals surface area contributed by atoms with E-state index >= 15 is 0 Å². The number of sulfonamides is 1. The maximum absolute atomic E-state index is 12.7. The number of nitrogens with one attached hydrogen (secondary N) is 1. The minimum atomic E-state index is -3.83. The highest BCUT2D eigenvalue weighted by Crippen LogP contribution is 2.30. The number of aromatic nitrogens is 2. The average molecular weight is 392 g/mol. The fourth-order valence-electron chi connectivity index (χ4n) is 2.67. The van der Waals surface area contributed by atoms with Gasteiger partial charge in [0.15, 0.2) is 0 Å². The van der Waals surface area contributed by atoms with Gasteiger partial charge in [0.05, 0.1) is 35.5 Å². The van der Waals surface area contributed by atoms with Crippen molar-refractivity contribution in [2.24, 2.45) is 0 Å². The van der Waals surface area contributed by atoms with Crippen LogP contribution in [0.25, 0.3) is 5.69 Å². The van der Waals surface area contributed by atoms with Gasteiger partial charge in [-0.1, -0.05) is 23.7 Å². The number of aryl methyl sites for hydroxylation is 2. The van der Waals surface area contributed by atoms with Crippen LogP contribution in [0.2, 0.25) is 5.02 Å². The molecule has 0 saturated heterocycles. The first kappa shape index (κ1) is 18.3. The van der Waals surface area contributed by atoms with Gasteiger partial charge in [-0.3, -0.25) is 4.72 Å². The van der Waals surface area contributed by atoms with Crippen LogP contribution in [-0.2, 0) is 10.0 Å². The van der Waals surface area contributed by atoms with Crippen LogP contribution in [-0.4, -0.2) is 25.1 Å². The predicted octanol–water partition coefficient (Wildman–Crippen LogP) is 3.95. The van der Waals surface area contributed by atoms with Gasteiger partial charge in [0.25, 0.3) is 10.0 Å². The van der Waals surface area contributed by atoms with Crippen LogP contribution < -0.4 is 9.46 Å². The highest BCUT2D eigenvalue weighted by atomic mass is 35.5. The van der Waals surface area contributed by atoms with Crippen LogP contribution in [0.15, 0.2) is 53.8 Å². The van der Waals surface area contributed by atoms with Crippen molar-refractivity contribution in [3.05, 3.63) is 65.2 Å². The van der Waals surface area contributed by atoms with Gasteiger partial charge >= 0.3 is 0 Å². The topological polar surface area (TPSA) is 73.2 Å². The lowest BCUT2D eigenvalue weighted by atomic mass is 10.2. The molecule has 26 heavy (non-hydrogen) atoms. The van der Waals surface area contributed by atoms with Gasteiger partial charge in [-0.2, -0.15) is 0 Å². The number of ether oxygens (including phenoxy) is 1. The Morgan fingerprint density at radius 3 is 2.58 bits per heavy atom. The third kappa shape index (κ3) is 3.54. The summed E-state index contributed by atoms with van der Waals surface area (Å²) in [6.07, 6.45) is 3.53. The molecule has 6 nitrogen and oxygen atoms in total. The van der Waals surface area contributed by atoms with E-state index in [1.54, 1.807) is 49.6 Å². The lowest BCUT2D eigenvalue weighted by Crippen LogP contribution is -2.15. The van der Waals surface area contributed by atoms with Gasteiger partial charge in [0, 0.05) is 12.3 Å². The number of benzene rings is 2. The van der Waals surface area contributed by atoms with Gasteiger partial charge in [0.2, 0.25) is 0 Å². The predicted molar refractivity (Wildman–Crippen MR) is 102 cm³/mol. The maximum atomic E-state index is 12.7. The molecule has 8 heteroatoms. The highest BCUT2D eigenvalue weighted by Gasteiger charge is 2.21. The van der Waals surface area contributed by atoms with Crippen LogP contribution >= 0.6 is 11.6 Å². The zero-order valence-electron chi connectivity index (χ0n) is 14.5. The molecule has 1 heterocycles. The van der Waals surface area contributed by atoms with E-state index in [1.807, 2.05) is 17.7 Å². The van der Waals surface area contributed by atoms with Crippen molar-refractivity contribution in [1.29, 1.82) is 0 Å². The van der Waals surface area contributed by atoms with Crippen molar-refractivity contribution >= 4 is 27.3 Å². The first-order valence-corrected chi connectivity index (χ1v) is 9.65. The summed E-state index contributed by atoms with van der Waals surface area (Å²) in [5.41, 5.74) is 2.57. The van der Waals surface area contributed by atoms with Gasteiger partial charge in [0.1, 0.15) is 10.6 Å². The summed E-state index contributed by atoms with van der Waals surface area (Å²) in [6, 6.07) is 10.0. The summed E-state index contributed by atoms with van der Waals surface area (Å²) in [4.78, 5) is 4.26. The Labute approximate surface area is 157 Å². The Hall–Kier alpha value is -2.51. The number of anilines is 1. The number of hydrogen-bond acceptors (Lipinski definition) is 4. The Morgan fingerprint density at radius 1 is 1.19 bits per heavy atom. The van der Waals surface area contributed by atoms with Gasteiger partial charge in [-0.25, -0.2) is 13.4 Å². The van der Waals surface area contributed by atoms with Crippen molar-refractivity contribution in [3.8, 4) is 11.4 Å². The van der Waals surface area contributed by atoms with Crippen molar-refractivity contribution < 1.29 is 13.2 Å². The molecule has 0 radical (unpaired) electrons. The van der Waals surface area contributed by atoms with E-state index in [2.05, 4.69) is 9.71 Å². The number of rotatable bonds is 5. The summed E-state index contributed by atoms with van der Waals surface area (Å²) in [5.74, 6) is 0.512. The Bertz CT molecular complexity index is 1040. The molecular weight excluding hydrogens is 374 g/mol. The fraction of sp³-hybridized carbons (Fsp3) is 0.167. The fourth-order valence-corrected chi connectivity index (χ4v) is 4.55. The van der Waals surface area contributed by atoms with Crippen molar-refractivity contribution in [2.75, 3.05) is 11.8 Å². The van der Waals surface area contributed by atoms with Crippen LogP contribution in [0.1, 0.15) is 11.3 Å². The monoisotopic (exact) mass is 391 g/mol. The zero-order chi connectivity index (χ0) is 18.9. The van der Waals surface area contributed by atoms with Crippen LogP contribution in [0.4, 0.5) is 5.69 Å². The second-order valence-corrected chi connectivity index (χ2v) is 7.83. The molecule has 0 saturated carbocycles. The molecule has 0 spiro atoms. The molecule has 3 aromatic rings. The maximum Gasteiger partial charge on any atom is 0.263 e. The smallest absolute Gasteiger partial charge is 0.263 e. The van der Waals surface area contributed by atoms with Crippen molar-refractivity contribution in [1.82, 2.24) is 9.55 Å². The molecule has 0 fully saturated rings. The third-order valence-electron chi connectivity index (χ3n) is 3.85. The molecule has 136 valence electrons. The van der Waals surface area contributed by atoms with E-state index in [0.717, 1.165) is 11.4 Å². The molecule has 0 aliphatic heterocycles. The molecule has 3 rings (SSSR count). The summed E-state index contributed by atoms with van der Waals surface area (Å²) < 4.78 is 35.3. The van der Waals surface area contributed by atoms with Gasteiger partial charge in [-0.15, -0.1) is 0 Å². The summed E-state index contributed by atoms with van der Waals surface area (Å²) in [5, 5.41) is 0.176. The SMILES string of the molecule is COc1cc(NS(=O)(=O)c2c(C)cccc2Cl)ccc1-n1cnc(C)c1. The number of nitrogens with zero attached hydrogens (tertiary/aromatic N) is 2. The molecule has 1 aromatic heterocycles. The third-order valence-corrected chi connectivity index (χ3v) is 5.87. The normalized spacial score (nSPS) is 11.4. The lowest BCUT2D eigenvalue weighted by molar-refractivity contribution is 0.413. The molecule has 0 bridgehead atoms. The average Bonchev–Trinajstić information content (AvgIpc) is 3.00. The summed E-state index contributed by atoms with van der Waals surface area (Å²) >= 11 is 6.09. The number of imidazole rings is 1. The molecule has 0 aliphatic carbocycles. The molecule has 0 unspecified atom stereocenters. The summed E-state index contributed by atoms with van der Waals surface area (Å²) in [7, 11) is -2.30. The standard InChI is InChI=1S/C18H18ClN3O3S/c1-12-5-4-6-15(19)18(12)26(23,24)21-14-7-8-16(17(9-14)25-3)22-10-13(2)20-11-22/h4-11,21H,1-3H3. The van der Waals surface area contributed by atoms with Crippen molar-refractivity contribution in [3.63, 3.8) is 0 Å². The molecule has 0 atom stereocenters. The Morgan fingerprint density at radius 2 is 1.96 bits per heavy atom. The summed E-state index contributed by atoms with van der Waals surface area (Å²) in [6.45, 7) is 3.59. The molecule has 2 aromatic carbocycles. The molecule has 0 aliphatic rings. The highest BCUT2D eigenvalue weighted by molar-refractivity contribution is 7.92. The van der Waals surface area contributed by atoms with Gasteiger partial charge < -0.3 is 9.30 Å². The van der Waals surface area contributed by atoms with Crippen molar-refractivity contribution in [2.45, 2.75) is 18.7 Å². The number of hydrogen-bond donors (Lipinski definition) is 1. The van der Waals surface area contributed by atoms with E-state index in [4.69, 9.17) is 16.3 Å². The van der Waals surface area contributed by atoms with Crippen LogP contribution in [0.3, 0.4) is 0 Å². The van der Waals surface area contributed by atoms with E-state index in [1.165, 1.54) is 7.11 Å². The van der Waals surface area contributed by atoms with Crippen LogP contribution in [0, 0.1) is 13.8 Å². The van der Waals surface area contributed by atoms with Gasteiger partial charge in [-0.05, 0) is 37.6 Å². The second kappa shape index (κ2) is 7.01. The zero-order valence-corrected chi connectivity index (χ0v) is 16.1. The first-order chi connectivity index (χ1) is 12.3. The minimum absolute atomic E-state index is 0.0648. The largest absolute Gasteiger partial charge is 0.494 e. The lowest BCUT2D eigenvalue weighted by Gasteiger charge is -2.14. The molecule has 0 amide bonds. The van der Waals surface area contributed by atoms with E-state index < -0.39 is 10.0 Å². The molecule has 1 N–H and O–H groups in total. The Kier molecular flexibility index (Phi) is 4.93. The second-order valence-electron chi connectivity index (χ2n) is 5.80. The first-order valence-electron chi connectivity index (χ1n) is 7.79. The number of methoxy groups -OCH3 is 1. The number of halogens is 1. The minimum Gasteiger partial charge on any atom is -0.494 e. The quantitative estimate of drug-likeness (QED) is 0.714. The van der Waals surface area contributed by atoms with Crippen LogP contribution in [0.5, 0.6) is 5.75 Å². The van der Waals surface area contributed by atoms with E-state index in [-0.39, 0.29) is 9.92 Å². The van der Waals surface area contributed by atoms with E-state index in [9.17, 15) is 8.42 Å². The van der Waals surface area contributed by atoms with E-state index in [0.29, 0.717) is 17.0 Å². The Balaban J connectivity index is 1.98.